The smallest absolute Gasteiger partial charge is 0.319 e. The molecular weight excluding hydrogens is 490 g/mol. The summed E-state index contributed by atoms with van der Waals surface area (Å²) in [6, 6.07) is 11.2. The van der Waals surface area contributed by atoms with Crippen molar-refractivity contribution in [2.45, 2.75) is 77.0 Å². The molecule has 3 aromatic rings. The fraction of sp³-hybridized carbons (Fsp3) is 0.483. The number of hydrogen-bond acceptors (Lipinski definition) is 5. The number of urea groups is 1. The van der Waals surface area contributed by atoms with Crippen molar-refractivity contribution in [3.63, 3.8) is 0 Å². The van der Waals surface area contributed by atoms with Crippen LogP contribution in [0.15, 0.2) is 47.0 Å². The first-order chi connectivity index (χ1) is 17.9. The zero-order valence-corrected chi connectivity index (χ0v) is 22.3. The van der Waals surface area contributed by atoms with E-state index in [1.165, 1.54) is 24.8 Å². The van der Waals surface area contributed by atoms with Gasteiger partial charge in [0.1, 0.15) is 11.6 Å². The summed E-state index contributed by atoms with van der Waals surface area (Å²) in [6.07, 6.45) is 4.14. The fourth-order valence-electron chi connectivity index (χ4n) is 6.05. The summed E-state index contributed by atoms with van der Waals surface area (Å²) in [5.74, 6) is 0.830. The Kier molecular flexibility index (Phi) is 6.44. The molecule has 38 heavy (non-hydrogen) atoms. The number of nitrogens with two attached hydrogens (primary N) is 1. The quantitative estimate of drug-likeness (QED) is 0.356. The van der Waals surface area contributed by atoms with Gasteiger partial charge in [-0.2, -0.15) is 4.98 Å². The van der Waals surface area contributed by atoms with Crippen LogP contribution < -0.4 is 15.4 Å². The monoisotopic (exact) mass is 524 g/mol. The largest absolute Gasteiger partial charge is 0.491 e. The number of rotatable bonds is 8. The molecule has 2 aliphatic carbocycles. The van der Waals surface area contributed by atoms with Gasteiger partial charge in [-0.15, -0.1) is 0 Å². The molecule has 5 rings (SSSR count). The standard InChI is InChI=1S/C29H34F2N4O3/c1-18(2)37-21-8-5-19(6-9-21)22-15-20(7-10-23(22)30)35(26(32)36)17-28-11-13-29(16-28,14-12-28)24-33-25(38-34-24)27(3,4)31/h5-10,15,18H,11-14,16-17H2,1-4H3,(H2,32,36). The van der Waals surface area contributed by atoms with Crippen LogP contribution in [-0.2, 0) is 11.1 Å². The first-order valence-electron chi connectivity index (χ1n) is 13.1. The van der Waals surface area contributed by atoms with Crippen molar-refractivity contribution < 1.29 is 22.8 Å². The lowest BCUT2D eigenvalue weighted by Crippen LogP contribution is -2.43. The summed E-state index contributed by atoms with van der Waals surface area (Å²) in [7, 11) is 0. The van der Waals surface area contributed by atoms with Gasteiger partial charge in [0.25, 0.3) is 5.89 Å². The molecule has 2 fully saturated rings. The Morgan fingerprint density at radius 3 is 2.42 bits per heavy atom. The van der Waals surface area contributed by atoms with Crippen LogP contribution in [0.4, 0.5) is 19.3 Å². The molecule has 1 aromatic heterocycles. The molecule has 2 saturated carbocycles. The van der Waals surface area contributed by atoms with E-state index in [0.29, 0.717) is 34.9 Å². The van der Waals surface area contributed by atoms with Crippen LogP contribution in [0.25, 0.3) is 11.1 Å². The fourth-order valence-corrected chi connectivity index (χ4v) is 6.05. The van der Waals surface area contributed by atoms with E-state index in [1.54, 1.807) is 36.4 Å². The molecule has 9 heteroatoms. The summed E-state index contributed by atoms with van der Waals surface area (Å²) in [5.41, 5.74) is 5.25. The Balaban J connectivity index is 1.38. The molecule has 0 spiro atoms. The van der Waals surface area contributed by atoms with Crippen LogP contribution in [0.3, 0.4) is 0 Å². The molecule has 202 valence electrons. The summed E-state index contributed by atoms with van der Waals surface area (Å²) < 4.78 is 40.2. The minimum Gasteiger partial charge on any atom is -0.491 e. The van der Waals surface area contributed by atoms with Crippen LogP contribution in [0.1, 0.15) is 71.5 Å². The average Bonchev–Trinajstić information content (AvgIpc) is 3.58. The lowest BCUT2D eigenvalue weighted by Gasteiger charge is -2.33. The summed E-state index contributed by atoms with van der Waals surface area (Å²) in [4.78, 5) is 18.6. The number of anilines is 1. The molecule has 7 nitrogen and oxygen atoms in total. The normalized spacial score (nSPS) is 22.7. The van der Waals surface area contributed by atoms with E-state index < -0.39 is 17.5 Å². The SMILES string of the molecule is CC(C)Oc1ccc(-c2cc(N(CC34CCC(c5noc(C(C)(C)F)n5)(CC3)C4)C(N)=O)ccc2F)cc1. The van der Waals surface area contributed by atoms with Crippen LogP contribution in [0.2, 0.25) is 0 Å². The van der Waals surface area contributed by atoms with Crippen molar-refractivity contribution in [1.82, 2.24) is 10.1 Å². The molecule has 0 unspecified atom stereocenters. The predicted octanol–water partition coefficient (Wildman–Crippen LogP) is 6.65. The minimum atomic E-state index is -1.71. The molecule has 0 aliphatic heterocycles. The average molecular weight is 525 g/mol. The Morgan fingerprint density at radius 2 is 1.84 bits per heavy atom. The van der Waals surface area contributed by atoms with E-state index >= 15 is 0 Å². The van der Waals surface area contributed by atoms with Crippen molar-refractivity contribution in [2.75, 3.05) is 11.4 Å². The second-order valence-corrected chi connectivity index (χ2v) is 11.6. The summed E-state index contributed by atoms with van der Waals surface area (Å²) in [5, 5.41) is 4.13. The zero-order valence-electron chi connectivity index (χ0n) is 22.3. The van der Waals surface area contributed by atoms with Gasteiger partial charge in [0, 0.05) is 23.2 Å². The topological polar surface area (TPSA) is 94.5 Å². The molecule has 0 radical (unpaired) electrons. The summed E-state index contributed by atoms with van der Waals surface area (Å²) in [6.45, 7) is 7.07. The number of carbonyl (C=O) groups is 1. The van der Waals surface area contributed by atoms with Gasteiger partial charge in [0.15, 0.2) is 11.5 Å². The van der Waals surface area contributed by atoms with E-state index in [1.807, 2.05) is 13.8 Å². The molecule has 0 atom stereocenters. The van der Waals surface area contributed by atoms with Gasteiger partial charge in [0.05, 0.1) is 6.10 Å². The molecule has 2 aromatic carbocycles. The molecule has 2 aliphatic rings. The van der Waals surface area contributed by atoms with Crippen molar-refractivity contribution in [2.24, 2.45) is 11.1 Å². The maximum atomic E-state index is 14.9. The maximum absolute atomic E-state index is 14.9. The number of alkyl halides is 1. The number of amides is 2. The van der Waals surface area contributed by atoms with Crippen molar-refractivity contribution in [3.05, 3.63) is 60.0 Å². The van der Waals surface area contributed by atoms with Crippen LogP contribution in [-0.4, -0.2) is 28.8 Å². The Morgan fingerprint density at radius 1 is 1.16 bits per heavy atom. The number of primary amides is 1. The van der Waals surface area contributed by atoms with Crippen molar-refractivity contribution in [3.8, 4) is 16.9 Å². The Hall–Kier alpha value is -3.49. The zero-order chi connectivity index (χ0) is 27.3. The van der Waals surface area contributed by atoms with E-state index in [-0.39, 0.29) is 22.8 Å². The highest BCUT2D eigenvalue weighted by molar-refractivity contribution is 5.91. The number of carbonyl (C=O) groups excluding carboxylic acids is 1. The van der Waals surface area contributed by atoms with E-state index in [2.05, 4.69) is 10.1 Å². The van der Waals surface area contributed by atoms with Gasteiger partial charge in [0.2, 0.25) is 0 Å². The molecule has 1 heterocycles. The minimum absolute atomic E-state index is 0.0207. The van der Waals surface area contributed by atoms with Gasteiger partial charge < -0.3 is 15.0 Å². The van der Waals surface area contributed by atoms with Crippen molar-refractivity contribution in [1.29, 1.82) is 0 Å². The van der Waals surface area contributed by atoms with Crippen molar-refractivity contribution >= 4 is 11.7 Å². The Bertz CT molecular complexity index is 1320. The lowest BCUT2D eigenvalue weighted by atomic mass is 9.81. The van der Waals surface area contributed by atoms with Gasteiger partial charge in [-0.05, 0) is 101 Å². The number of aromatic nitrogens is 2. The number of ether oxygens (including phenoxy) is 1. The van der Waals surface area contributed by atoms with E-state index in [9.17, 15) is 13.6 Å². The third kappa shape index (κ3) is 4.86. The van der Waals surface area contributed by atoms with E-state index in [0.717, 1.165) is 32.1 Å². The molecule has 2 N–H and O–H groups in total. The molecular formula is C29H34F2N4O3. The Labute approximate surface area is 221 Å². The number of fused-ring (bicyclic) bond motifs is 2. The van der Waals surface area contributed by atoms with Crippen LogP contribution in [0, 0.1) is 11.2 Å². The third-order valence-electron chi connectivity index (χ3n) is 7.95. The first kappa shape index (κ1) is 26.1. The molecule has 2 amide bonds. The number of hydrogen-bond donors (Lipinski definition) is 1. The lowest BCUT2D eigenvalue weighted by molar-refractivity contribution is 0.155. The second kappa shape index (κ2) is 9.36. The molecule has 0 saturated heterocycles. The van der Waals surface area contributed by atoms with E-state index in [4.69, 9.17) is 15.0 Å². The number of benzene rings is 2. The highest BCUT2D eigenvalue weighted by Crippen LogP contribution is 2.62. The van der Waals surface area contributed by atoms with Crippen LogP contribution in [0.5, 0.6) is 5.75 Å². The highest BCUT2D eigenvalue weighted by atomic mass is 19.1. The number of nitrogens with zero attached hydrogens (tertiary/aromatic N) is 3. The second-order valence-electron chi connectivity index (χ2n) is 11.6. The maximum Gasteiger partial charge on any atom is 0.319 e. The summed E-state index contributed by atoms with van der Waals surface area (Å²) >= 11 is 0. The predicted molar refractivity (Wildman–Crippen MR) is 140 cm³/mol. The molecule has 2 bridgehead atoms. The third-order valence-corrected chi connectivity index (χ3v) is 7.95. The van der Waals surface area contributed by atoms with Gasteiger partial charge in [-0.25, -0.2) is 13.6 Å². The first-order valence-corrected chi connectivity index (χ1v) is 13.1. The van der Waals surface area contributed by atoms with Crippen LogP contribution >= 0.6 is 0 Å². The van der Waals surface area contributed by atoms with Gasteiger partial charge >= 0.3 is 6.03 Å². The number of halogens is 2. The van der Waals surface area contributed by atoms with Gasteiger partial charge in [-0.1, -0.05) is 17.3 Å². The highest BCUT2D eigenvalue weighted by Gasteiger charge is 2.58. The van der Waals surface area contributed by atoms with Gasteiger partial charge in [-0.3, -0.25) is 4.90 Å².